The molecule has 1 rings (SSSR count). The Kier molecular flexibility index (Phi) is 6.49. The molecule has 1 N–H and O–H groups in total. The summed E-state index contributed by atoms with van der Waals surface area (Å²) in [5.74, 6) is 0.488. The summed E-state index contributed by atoms with van der Waals surface area (Å²) >= 11 is 0. The Morgan fingerprint density at radius 3 is 2.09 bits per heavy atom. The predicted octanol–water partition coefficient (Wildman–Crippen LogP) is 3.41. The molecule has 0 heterocycles. The van der Waals surface area contributed by atoms with Crippen LogP contribution in [-0.4, -0.2) is 39.7 Å². The van der Waals surface area contributed by atoms with Crippen LogP contribution in [0.2, 0.25) is 0 Å². The van der Waals surface area contributed by atoms with Gasteiger partial charge in [0.15, 0.2) is 16.8 Å². The van der Waals surface area contributed by atoms with E-state index in [0.717, 1.165) is 0 Å². The smallest absolute Gasteiger partial charge is 0.243 e. The number of rotatable bonds is 7. The maximum Gasteiger partial charge on any atom is 0.243 e. The lowest BCUT2D eigenvalue weighted by atomic mass is 10.1. The fourth-order valence-electron chi connectivity index (χ4n) is 2.00. The third kappa shape index (κ3) is 3.98. The van der Waals surface area contributed by atoms with Crippen LogP contribution < -0.4 is 14.2 Å². The number of ether oxygens (including phenoxy) is 3. The number of hydrogen-bond donors (Lipinski definition) is 1. The van der Waals surface area contributed by atoms with Gasteiger partial charge in [0.05, 0.1) is 27.9 Å². The molecule has 1 aromatic rings. The molecule has 0 radical (unpaired) electrons. The molecule has 7 nitrogen and oxygen atoms in total. The summed E-state index contributed by atoms with van der Waals surface area (Å²) < 4.78 is 33.1. The summed E-state index contributed by atoms with van der Waals surface area (Å²) in [5, 5.41) is 19.3. The zero-order chi connectivity index (χ0) is 17.6. The second-order valence-corrected chi connectivity index (χ2v) is 6.88. The van der Waals surface area contributed by atoms with E-state index >= 15 is 0 Å². The Bertz CT molecular complexity index is 667. The number of nitrogens with zero attached hydrogens (tertiary/aromatic N) is 1. The molecule has 1 unspecified atom stereocenters. The molecule has 0 amide bonds. The predicted molar refractivity (Wildman–Crippen MR) is 86.4 cm³/mol. The molecule has 0 saturated heterocycles. The van der Waals surface area contributed by atoms with E-state index in [1.165, 1.54) is 40.1 Å². The van der Waals surface area contributed by atoms with E-state index in [0.29, 0.717) is 17.2 Å². The topological polar surface area (TPSA) is 98.0 Å². The summed E-state index contributed by atoms with van der Waals surface area (Å²) in [6.45, 7) is 3.09. The molecule has 0 aliphatic heterocycles. The molecule has 0 spiro atoms. The van der Waals surface area contributed by atoms with Crippen LogP contribution in [0.25, 0.3) is 5.76 Å². The normalized spacial score (nSPS) is 14.3. The molecule has 0 aliphatic carbocycles. The number of benzene rings is 1. The number of aliphatic hydroxyl groups is 1. The second-order valence-electron chi connectivity index (χ2n) is 4.49. The fraction of sp³-hybridized carbons (Fsp3) is 0.400. The first kappa shape index (κ1) is 18.9. The van der Waals surface area contributed by atoms with E-state index in [1.807, 2.05) is 0 Å². The van der Waals surface area contributed by atoms with E-state index in [2.05, 4.69) is 0 Å². The van der Waals surface area contributed by atoms with Gasteiger partial charge >= 0.3 is 0 Å². The Hall–Kier alpha value is -2.16. The lowest BCUT2D eigenvalue weighted by Gasteiger charge is -2.16. The van der Waals surface area contributed by atoms with Crippen LogP contribution in [-0.2, 0) is 9.09 Å². The van der Waals surface area contributed by atoms with Crippen molar-refractivity contribution >= 4 is 13.1 Å². The van der Waals surface area contributed by atoms with Crippen LogP contribution in [0.5, 0.6) is 17.2 Å². The van der Waals surface area contributed by atoms with Gasteiger partial charge in [-0.3, -0.25) is 4.57 Å². The largest absolute Gasteiger partial charge is 0.506 e. The first-order chi connectivity index (χ1) is 10.9. The molecule has 1 aromatic carbocycles. The van der Waals surface area contributed by atoms with Crippen molar-refractivity contribution in [3.63, 3.8) is 0 Å². The van der Waals surface area contributed by atoms with Crippen molar-refractivity contribution in [1.29, 1.82) is 5.26 Å². The van der Waals surface area contributed by atoms with Crippen LogP contribution in [0, 0.1) is 11.3 Å². The quantitative estimate of drug-likeness (QED) is 0.461. The summed E-state index contributed by atoms with van der Waals surface area (Å²) in [4.78, 5) is 0. The molecule has 126 valence electrons. The average molecular weight is 341 g/mol. The van der Waals surface area contributed by atoms with E-state index in [-0.39, 0.29) is 17.5 Å². The van der Waals surface area contributed by atoms with Crippen LogP contribution >= 0.6 is 7.37 Å². The van der Waals surface area contributed by atoms with Gasteiger partial charge in [-0.25, -0.2) is 0 Å². The van der Waals surface area contributed by atoms with E-state index < -0.39 is 13.1 Å². The van der Waals surface area contributed by atoms with Crippen LogP contribution in [0.3, 0.4) is 0 Å². The van der Waals surface area contributed by atoms with Crippen LogP contribution in [0.15, 0.2) is 17.4 Å². The Balaban J connectivity index is 3.59. The van der Waals surface area contributed by atoms with E-state index in [4.69, 9.17) is 18.7 Å². The van der Waals surface area contributed by atoms with Crippen molar-refractivity contribution in [3.05, 3.63) is 23.0 Å². The van der Waals surface area contributed by atoms with E-state index in [1.54, 1.807) is 13.0 Å². The van der Waals surface area contributed by atoms with Gasteiger partial charge in [0.2, 0.25) is 13.1 Å². The lowest BCUT2D eigenvalue weighted by Crippen LogP contribution is -1.99. The lowest BCUT2D eigenvalue weighted by molar-refractivity contribution is 0.324. The zero-order valence-electron chi connectivity index (χ0n) is 13.7. The minimum Gasteiger partial charge on any atom is -0.506 e. The molecule has 0 aliphatic rings. The fourth-order valence-corrected chi connectivity index (χ4v) is 3.32. The first-order valence-corrected chi connectivity index (χ1v) is 8.79. The highest BCUT2D eigenvalue weighted by molar-refractivity contribution is 7.63. The highest BCUT2D eigenvalue weighted by Gasteiger charge is 2.28. The molecule has 23 heavy (non-hydrogen) atoms. The van der Waals surface area contributed by atoms with Crippen molar-refractivity contribution in [1.82, 2.24) is 0 Å². The van der Waals surface area contributed by atoms with E-state index in [9.17, 15) is 14.9 Å². The SMILES string of the molecule is CCOP(C)(=O)C(C#N)=C(O)c1cc(OC)c(OC)c(OC)c1. The van der Waals surface area contributed by atoms with Crippen molar-refractivity contribution in [2.45, 2.75) is 6.92 Å². The van der Waals surface area contributed by atoms with Gasteiger partial charge in [-0.05, 0) is 19.1 Å². The molecule has 8 heteroatoms. The summed E-state index contributed by atoms with van der Waals surface area (Å²) in [6, 6.07) is 4.67. The highest BCUT2D eigenvalue weighted by atomic mass is 31.2. The van der Waals surface area contributed by atoms with Gasteiger partial charge in [0.1, 0.15) is 11.8 Å². The molecule has 1 atom stereocenters. The van der Waals surface area contributed by atoms with Crippen molar-refractivity contribution in [2.75, 3.05) is 34.6 Å². The minimum atomic E-state index is -3.43. The van der Waals surface area contributed by atoms with Gasteiger partial charge in [-0.15, -0.1) is 0 Å². The number of aliphatic hydroxyl groups excluding tert-OH is 1. The van der Waals surface area contributed by atoms with Gasteiger partial charge in [0.25, 0.3) is 0 Å². The number of nitriles is 1. The first-order valence-electron chi connectivity index (χ1n) is 6.72. The van der Waals surface area contributed by atoms with Crippen molar-refractivity contribution in [2.24, 2.45) is 0 Å². The van der Waals surface area contributed by atoms with Crippen molar-refractivity contribution < 1.29 is 28.4 Å². The molecular weight excluding hydrogens is 321 g/mol. The average Bonchev–Trinajstić information content (AvgIpc) is 2.53. The standard InChI is InChI=1S/C15H20NO6P/c1-6-22-23(5,18)13(9-16)14(17)10-7-11(19-2)15(21-4)12(8-10)20-3/h7-8,17H,6H2,1-5H3. The third-order valence-corrected chi connectivity index (χ3v) is 4.93. The van der Waals surface area contributed by atoms with Gasteiger partial charge in [0, 0.05) is 12.2 Å². The Labute approximate surface area is 135 Å². The molecular formula is C15H20NO6P. The van der Waals surface area contributed by atoms with Crippen LogP contribution in [0.4, 0.5) is 0 Å². The molecule has 0 bridgehead atoms. The van der Waals surface area contributed by atoms with Gasteiger partial charge < -0.3 is 23.8 Å². The Morgan fingerprint density at radius 1 is 1.22 bits per heavy atom. The number of allylic oxidation sites excluding steroid dienone is 1. The molecule has 0 saturated carbocycles. The molecule has 0 aromatic heterocycles. The van der Waals surface area contributed by atoms with Crippen molar-refractivity contribution in [3.8, 4) is 23.3 Å². The molecule has 0 fully saturated rings. The van der Waals surface area contributed by atoms with Gasteiger partial charge in [-0.1, -0.05) is 0 Å². The second kappa shape index (κ2) is 7.91. The minimum absolute atomic E-state index is 0.154. The maximum atomic E-state index is 12.4. The Morgan fingerprint density at radius 2 is 1.74 bits per heavy atom. The van der Waals surface area contributed by atoms with Crippen LogP contribution in [0.1, 0.15) is 12.5 Å². The maximum absolute atomic E-state index is 12.4. The monoisotopic (exact) mass is 341 g/mol. The zero-order valence-corrected chi connectivity index (χ0v) is 14.6. The third-order valence-electron chi connectivity index (χ3n) is 3.05. The summed E-state index contributed by atoms with van der Waals surface area (Å²) in [5.41, 5.74) is 0.206. The number of hydrogen-bond acceptors (Lipinski definition) is 7. The summed E-state index contributed by atoms with van der Waals surface area (Å²) in [7, 11) is 0.873. The summed E-state index contributed by atoms with van der Waals surface area (Å²) in [6.07, 6.45) is 0. The number of methoxy groups -OCH3 is 3. The van der Waals surface area contributed by atoms with Gasteiger partial charge in [-0.2, -0.15) is 5.26 Å². The highest BCUT2D eigenvalue weighted by Crippen LogP contribution is 2.53.